The number of pyridine rings is 1. The Morgan fingerprint density at radius 2 is 2.40 bits per heavy atom. The van der Waals surface area contributed by atoms with E-state index in [4.69, 9.17) is 0 Å². The normalized spacial score (nSPS) is 17.6. The highest BCUT2D eigenvalue weighted by atomic mass is 19.1. The summed E-state index contributed by atoms with van der Waals surface area (Å²) in [5.41, 5.74) is 0.0392. The molecule has 1 aliphatic rings. The molecule has 6 heteroatoms. The van der Waals surface area contributed by atoms with E-state index in [1.165, 1.54) is 12.3 Å². The van der Waals surface area contributed by atoms with Crippen LogP contribution in [0.4, 0.5) is 4.39 Å². The molecule has 20 heavy (non-hydrogen) atoms. The smallest absolute Gasteiger partial charge is 0.254 e. The lowest BCUT2D eigenvalue weighted by molar-refractivity contribution is 0.0940. The van der Waals surface area contributed by atoms with E-state index in [2.05, 4.69) is 19.9 Å². The molecule has 0 aromatic carbocycles. The summed E-state index contributed by atoms with van der Waals surface area (Å²) >= 11 is 0. The summed E-state index contributed by atoms with van der Waals surface area (Å²) in [7, 11) is 0. The molecule has 1 atom stereocenters. The summed E-state index contributed by atoms with van der Waals surface area (Å²) in [6, 6.07) is 1.39. The Kier molecular flexibility index (Phi) is 3.45. The highest BCUT2D eigenvalue weighted by Crippen LogP contribution is 2.18. The lowest BCUT2D eigenvalue weighted by atomic mass is 9.97. The number of hydrogen-bond donors (Lipinski definition) is 1. The standard InChI is InChI=1S/C14H15FN4O/c15-12-9-16-3-1-11(12)14(20)18-8-10-2-5-19-6-4-17-13(19)7-10/h1,3-4,6,9-10H,2,5,7-8H2,(H,18,20)/t10-/m0/s1. The van der Waals surface area contributed by atoms with Gasteiger partial charge in [0.25, 0.3) is 5.91 Å². The number of carbonyl (C=O) groups is 1. The maximum absolute atomic E-state index is 13.4. The van der Waals surface area contributed by atoms with Crippen molar-refractivity contribution in [1.29, 1.82) is 0 Å². The van der Waals surface area contributed by atoms with Crippen molar-refractivity contribution in [2.45, 2.75) is 19.4 Å². The van der Waals surface area contributed by atoms with Gasteiger partial charge in [0.2, 0.25) is 0 Å². The minimum absolute atomic E-state index is 0.0392. The number of aromatic nitrogens is 3. The predicted octanol–water partition coefficient (Wildman–Crippen LogP) is 1.41. The zero-order valence-electron chi connectivity index (χ0n) is 10.9. The monoisotopic (exact) mass is 274 g/mol. The fourth-order valence-corrected chi connectivity index (χ4v) is 2.48. The van der Waals surface area contributed by atoms with Gasteiger partial charge in [-0.25, -0.2) is 9.37 Å². The number of imidazole rings is 1. The van der Waals surface area contributed by atoms with E-state index >= 15 is 0 Å². The Morgan fingerprint density at radius 1 is 1.50 bits per heavy atom. The van der Waals surface area contributed by atoms with Crippen molar-refractivity contribution in [3.8, 4) is 0 Å². The second-order valence-corrected chi connectivity index (χ2v) is 4.96. The maximum atomic E-state index is 13.4. The molecule has 1 aliphatic heterocycles. The summed E-state index contributed by atoms with van der Waals surface area (Å²) in [4.78, 5) is 19.8. The van der Waals surface area contributed by atoms with Crippen LogP contribution in [0.15, 0.2) is 30.9 Å². The van der Waals surface area contributed by atoms with Gasteiger partial charge >= 0.3 is 0 Å². The van der Waals surface area contributed by atoms with Gasteiger partial charge in [0.1, 0.15) is 5.82 Å². The predicted molar refractivity (Wildman–Crippen MR) is 70.6 cm³/mol. The van der Waals surface area contributed by atoms with Crippen molar-refractivity contribution >= 4 is 5.91 Å². The van der Waals surface area contributed by atoms with E-state index in [0.29, 0.717) is 12.5 Å². The number of carbonyl (C=O) groups excluding carboxylic acids is 1. The van der Waals surface area contributed by atoms with Gasteiger partial charge in [-0.3, -0.25) is 9.78 Å². The zero-order chi connectivity index (χ0) is 13.9. The average molecular weight is 274 g/mol. The number of aryl methyl sites for hydroxylation is 1. The number of hydrogen-bond acceptors (Lipinski definition) is 3. The molecule has 2 aromatic rings. The van der Waals surface area contributed by atoms with E-state index in [-0.39, 0.29) is 11.5 Å². The third-order valence-electron chi connectivity index (χ3n) is 3.62. The van der Waals surface area contributed by atoms with Gasteiger partial charge in [-0.15, -0.1) is 0 Å². The van der Waals surface area contributed by atoms with E-state index in [1.807, 2.05) is 6.20 Å². The molecule has 0 saturated carbocycles. The van der Waals surface area contributed by atoms with Gasteiger partial charge in [-0.1, -0.05) is 0 Å². The SMILES string of the molecule is O=C(NC[C@H]1CCn2ccnc2C1)c1ccncc1F. The second kappa shape index (κ2) is 5.40. The molecule has 0 fully saturated rings. The second-order valence-electron chi connectivity index (χ2n) is 4.96. The molecule has 5 nitrogen and oxygen atoms in total. The van der Waals surface area contributed by atoms with Gasteiger partial charge in [0.05, 0.1) is 11.8 Å². The van der Waals surface area contributed by atoms with Crippen LogP contribution in [0.5, 0.6) is 0 Å². The molecule has 0 unspecified atom stereocenters. The molecule has 0 spiro atoms. The maximum Gasteiger partial charge on any atom is 0.254 e. The molecule has 0 bridgehead atoms. The first-order chi connectivity index (χ1) is 9.74. The van der Waals surface area contributed by atoms with Crippen LogP contribution in [0.2, 0.25) is 0 Å². The fourth-order valence-electron chi connectivity index (χ4n) is 2.48. The van der Waals surface area contributed by atoms with Crippen molar-refractivity contribution in [1.82, 2.24) is 19.9 Å². The van der Waals surface area contributed by atoms with Crippen LogP contribution in [-0.4, -0.2) is 27.0 Å². The Hall–Kier alpha value is -2.24. The van der Waals surface area contributed by atoms with Gasteiger partial charge in [-0.05, 0) is 18.4 Å². The van der Waals surface area contributed by atoms with Crippen LogP contribution in [0.25, 0.3) is 0 Å². The first kappa shape index (κ1) is 12.8. The van der Waals surface area contributed by atoms with Crippen molar-refractivity contribution in [2.24, 2.45) is 5.92 Å². The first-order valence-electron chi connectivity index (χ1n) is 6.62. The number of nitrogens with zero attached hydrogens (tertiary/aromatic N) is 3. The molecular weight excluding hydrogens is 259 g/mol. The third-order valence-corrected chi connectivity index (χ3v) is 3.62. The molecule has 0 radical (unpaired) electrons. The molecule has 1 N–H and O–H groups in total. The van der Waals surface area contributed by atoms with Crippen LogP contribution < -0.4 is 5.32 Å². The zero-order valence-corrected chi connectivity index (χ0v) is 10.9. The summed E-state index contributed by atoms with van der Waals surface area (Å²) in [6.45, 7) is 1.45. The lowest BCUT2D eigenvalue weighted by Gasteiger charge is -2.23. The topological polar surface area (TPSA) is 59.8 Å². The van der Waals surface area contributed by atoms with Crippen molar-refractivity contribution < 1.29 is 9.18 Å². The minimum atomic E-state index is -0.593. The molecule has 2 aromatic heterocycles. The summed E-state index contributed by atoms with van der Waals surface area (Å²) in [6.07, 6.45) is 8.05. The van der Waals surface area contributed by atoms with Crippen LogP contribution in [-0.2, 0) is 13.0 Å². The van der Waals surface area contributed by atoms with Gasteiger partial charge < -0.3 is 9.88 Å². The van der Waals surface area contributed by atoms with Crippen LogP contribution in [0.1, 0.15) is 22.6 Å². The van der Waals surface area contributed by atoms with Crippen molar-refractivity contribution in [3.05, 3.63) is 48.1 Å². The van der Waals surface area contributed by atoms with Crippen molar-refractivity contribution in [3.63, 3.8) is 0 Å². The van der Waals surface area contributed by atoms with Gasteiger partial charge in [-0.2, -0.15) is 0 Å². The number of rotatable bonds is 3. The lowest BCUT2D eigenvalue weighted by Crippen LogP contribution is -2.33. The number of halogens is 1. The van der Waals surface area contributed by atoms with Gasteiger partial charge in [0.15, 0.2) is 5.82 Å². The fraction of sp³-hybridized carbons (Fsp3) is 0.357. The van der Waals surface area contributed by atoms with Crippen LogP contribution in [0, 0.1) is 11.7 Å². The van der Waals surface area contributed by atoms with Crippen molar-refractivity contribution in [2.75, 3.05) is 6.54 Å². The summed E-state index contributed by atoms with van der Waals surface area (Å²) < 4.78 is 15.6. The van der Waals surface area contributed by atoms with Crippen LogP contribution >= 0.6 is 0 Å². The summed E-state index contributed by atoms with van der Waals surface area (Å²) in [5, 5.41) is 2.79. The van der Waals surface area contributed by atoms with E-state index in [1.54, 1.807) is 6.20 Å². The first-order valence-corrected chi connectivity index (χ1v) is 6.62. The van der Waals surface area contributed by atoms with E-state index in [9.17, 15) is 9.18 Å². The van der Waals surface area contributed by atoms with Crippen LogP contribution in [0.3, 0.4) is 0 Å². The molecular formula is C14H15FN4O. The number of nitrogens with one attached hydrogen (secondary N) is 1. The Bertz CT molecular complexity index is 625. The highest BCUT2D eigenvalue weighted by molar-refractivity contribution is 5.94. The molecule has 0 saturated heterocycles. The summed E-state index contributed by atoms with van der Waals surface area (Å²) in [5.74, 6) is 0.410. The van der Waals surface area contributed by atoms with E-state index in [0.717, 1.165) is 31.4 Å². The van der Waals surface area contributed by atoms with Gasteiger partial charge in [0, 0.05) is 38.1 Å². The Morgan fingerprint density at radius 3 is 3.25 bits per heavy atom. The third kappa shape index (κ3) is 2.54. The number of fused-ring (bicyclic) bond motifs is 1. The molecule has 104 valence electrons. The molecule has 1 amide bonds. The minimum Gasteiger partial charge on any atom is -0.352 e. The highest BCUT2D eigenvalue weighted by Gasteiger charge is 2.20. The molecule has 3 heterocycles. The largest absolute Gasteiger partial charge is 0.352 e. The average Bonchev–Trinajstić information content (AvgIpc) is 2.92. The molecule has 3 rings (SSSR count). The molecule has 0 aliphatic carbocycles. The Balaban J connectivity index is 1.58. The number of amides is 1. The Labute approximate surface area is 115 Å². The van der Waals surface area contributed by atoms with E-state index < -0.39 is 5.82 Å². The quantitative estimate of drug-likeness (QED) is 0.920.